The van der Waals surface area contributed by atoms with Gasteiger partial charge in [0, 0.05) is 43.2 Å². The number of aromatic nitrogens is 1. The summed E-state index contributed by atoms with van der Waals surface area (Å²) in [5, 5.41) is 1.55. The van der Waals surface area contributed by atoms with Crippen molar-refractivity contribution in [2.45, 2.75) is 13.1 Å². The highest BCUT2D eigenvalue weighted by atomic mass is 35.5. The summed E-state index contributed by atoms with van der Waals surface area (Å²) in [5.74, 6) is 2.92. The van der Waals surface area contributed by atoms with Crippen molar-refractivity contribution in [2.24, 2.45) is 0 Å². The van der Waals surface area contributed by atoms with E-state index in [1.807, 2.05) is 55.4 Å². The van der Waals surface area contributed by atoms with Crippen LogP contribution in [0.3, 0.4) is 0 Å². The lowest BCUT2D eigenvalue weighted by Gasteiger charge is -2.26. The SMILES string of the molecule is COc1ccc(OC)c(C(=O)N(Cc2ccc3c(c2)OCO3)Cc2cc3ccc(Cl)cc3nc2N(C)C)c1. The highest BCUT2D eigenvalue weighted by Crippen LogP contribution is 2.34. The van der Waals surface area contributed by atoms with Gasteiger partial charge in [-0.1, -0.05) is 23.7 Å². The molecular formula is C29H28ClN3O5. The van der Waals surface area contributed by atoms with E-state index >= 15 is 0 Å². The number of rotatable bonds is 8. The van der Waals surface area contributed by atoms with Gasteiger partial charge in [-0.2, -0.15) is 0 Å². The number of pyridine rings is 1. The zero-order valence-electron chi connectivity index (χ0n) is 21.7. The quantitative estimate of drug-likeness (QED) is 0.294. The first-order valence-electron chi connectivity index (χ1n) is 12.0. The molecule has 2 heterocycles. The van der Waals surface area contributed by atoms with Crippen LogP contribution in [0.5, 0.6) is 23.0 Å². The first-order chi connectivity index (χ1) is 18.4. The van der Waals surface area contributed by atoms with Crippen LogP contribution in [0, 0.1) is 0 Å². The molecule has 0 saturated heterocycles. The molecular weight excluding hydrogens is 506 g/mol. The second kappa shape index (κ2) is 10.7. The van der Waals surface area contributed by atoms with E-state index in [1.54, 1.807) is 37.3 Å². The first kappa shape index (κ1) is 25.5. The molecule has 3 aromatic carbocycles. The number of nitrogens with zero attached hydrogens (tertiary/aromatic N) is 3. The monoisotopic (exact) mass is 533 g/mol. The molecule has 0 unspecified atom stereocenters. The fourth-order valence-electron chi connectivity index (χ4n) is 4.49. The summed E-state index contributed by atoms with van der Waals surface area (Å²) in [6.45, 7) is 0.801. The molecule has 1 amide bonds. The molecule has 9 heteroatoms. The van der Waals surface area contributed by atoms with Crippen LogP contribution in [-0.4, -0.2) is 50.9 Å². The summed E-state index contributed by atoms with van der Waals surface area (Å²) in [6, 6.07) is 18.5. The Balaban J connectivity index is 1.58. The van der Waals surface area contributed by atoms with E-state index in [-0.39, 0.29) is 12.7 Å². The molecule has 8 nitrogen and oxygen atoms in total. The molecule has 1 aliphatic heterocycles. The van der Waals surface area contributed by atoms with Gasteiger partial charge in [0.2, 0.25) is 6.79 Å². The Morgan fingerprint density at radius 1 is 0.947 bits per heavy atom. The van der Waals surface area contributed by atoms with Crippen LogP contribution in [0.15, 0.2) is 60.7 Å². The van der Waals surface area contributed by atoms with Crippen molar-refractivity contribution in [3.8, 4) is 23.0 Å². The van der Waals surface area contributed by atoms with Crippen molar-refractivity contribution in [1.29, 1.82) is 0 Å². The number of hydrogen-bond acceptors (Lipinski definition) is 7. The van der Waals surface area contributed by atoms with E-state index in [4.69, 9.17) is 35.5 Å². The summed E-state index contributed by atoms with van der Waals surface area (Å²) in [6.07, 6.45) is 0. The lowest BCUT2D eigenvalue weighted by atomic mass is 10.1. The van der Waals surface area contributed by atoms with Crippen LogP contribution in [0.1, 0.15) is 21.5 Å². The van der Waals surface area contributed by atoms with Gasteiger partial charge in [0.1, 0.15) is 17.3 Å². The number of halogens is 1. The van der Waals surface area contributed by atoms with Gasteiger partial charge in [0.25, 0.3) is 5.91 Å². The molecule has 38 heavy (non-hydrogen) atoms. The minimum atomic E-state index is -0.209. The van der Waals surface area contributed by atoms with E-state index in [2.05, 4.69) is 6.07 Å². The first-order valence-corrected chi connectivity index (χ1v) is 12.4. The number of carbonyl (C=O) groups is 1. The number of fused-ring (bicyclic) bond motifs is 2. The molecule has 0 spiro atoms. The maximum atomic E-state index is 14.1. The van der Waals surface area contributed by atoms with Gasteiger partial charge in [-0.3, -0.25) is 4.79 Å². The van der Waals surface area contributed by atoms with Gasteiger partial charge in [-0.15, -0.1) is 0 Å². The van der Waals surface area contributed by atoms with Gasteiger partial charge >= 0.3 is 0 Å². The van der Waals surface area contributed by atoms with Crippen molar-refractivity contribution in [1.82, 2.24) is 9.88 Å². The van der Waals surface area contributed by atoms with Gasteiger partial charge in [0.05, 0.1) is 25.3 Å². The van der Waals surface area contributed by atoms with Crippen molar-refractivity contribution in [3.05, 3.63) is 82.4 Å². The minimum Gasteiger partial charge on any atom is -0.497 e. The number of ether oxygens (including phenoxy) is 4. The van der Waals surface area contributed by atoms with E-state index < -0.39 is 0 Å². The average molecular weight is 534 g/mol. The predicted molar refractivity (Wildman–Crippen MR) is 147 cm³/mol. The number of benzene rings is 3. The Morgan fingerprint density at radius 3 is 2.53 bits per heavy atom. The molecule has 0 bridgehead atoms. The average Bonchev–Trinajstić information content (AvgIpc) is 3.39. The van der Waals surface area contributed by atoms with Crippen molar-refractivity contribution in [2.75, 3.05) is 40.0 Å². The molecule has 0 saturated carbocycles. The summed E-state index contributed by atoms with van der Waals surface area (Å²) in [7, 11) is 6.97. The Hall–Kier alpha value is -4.17. The minimum absolute atomic E-state index is 0.182. The molecule has 4 aromatic rings. The summed E-state index contributed by atoms with van der Waals surface area (Å²) in [4.78, 5) is 22.7. The number of amides is 1. The van der Waals surface area contributed by atoms with Gasteiger partial charge in [-0.05, 0) is 54.1 Å². The Bertz CT molecular complexity index is 1510. The number of hydrogen-bond donors (Lipinski definition) is 0. The van der Waals surface area contributed by atoms with Gasteiger partial charge in [0.15, 0.2) is 11.5 Å². The predicted octanol–water partition coefficient (Wildman–Crippen LogP) is 5.54. The Labute approximate surface area is 226 Å². The summed E-state index contributed by atoms with van der Waals surface area (Å²) < 4.78 is 22.0. The molecule has 5 rings (SSSR count). The lowest BCUT2D eigenvalue weighted by Crippen LogP contribution is -2.31. The van der Waals surface area contributed by atoms with Crippen molar-refractivity contribution < 1.29 is 23.7 Å². The van der Waals surface area contributed by atoms with E-state index in [0.29, 0.717) is 46.7 Å². The van der Waals surface area contributed by atoms with Crippen LogP contribution in [0.4, 0.5) is 5.82 Å². The van der Waals surface area contributed by atoms with Crippen LogP contribution >= 0.6 is 11.6 Å². The van der Waals surface area contributed by atoms with Crippen LogP contribution in [0.25, 0.3) is 10.9 Å². The lowest BCUT2D eigenvalue weighted by molar-refractivity contribution is 0.0726. The molecule has 0 radical (unpaired) electrons. The highest BCUT2D eigenvalue weighted by molar-refractivity contribution is 6.31. The van der Waals surface area contributed by atoms with Crippen LogP contribution < -0.4 is 23.8 Å². The molecule has 196 valence electrons. The molecule has 0 fully saturated rings. The van der Waals surface area contributed by atoms with Gasteiger partial charge in [-0.25, -0.2) is 4.98 Å². The second-order valence-corrected chi connectivity index (χ2v) is 9.55. The number of anilines is 1. The zero-order valence-corrected chi connectivity index (χ0v) is 22.4. The molecule has 1 aromatic heterocycles. The fraction of sp³-hybridized carbons (Fsp3) is 0.241. The third-order valence-electron chi connectivity index (χ3n) is 6.36. The Kier molecular flexibility index (Phi) is 7.15. The largest absolute Gasteiger partial charge is 0.497 e. The molecule has 0 aliphatic carbocycles. The summed E-state index contributed by atoms with van der Waals surface area (Å²) >= 11 is 6.22. The maximum Gasteiger partial charge on any atom is 0.258 e. The zero-order chi connectivity index (χ0) is 26.8. The fourth-order valence-corrected chi connectivity index (χ4v) is 4.66. The third-order valence-corrected chi connectivity index (χ3v) is 6.59. The highest BCUT2D eigenvalue weighted by Gasteiger charge is 2.24. The molecule has 0 N–H and O–H groups in total. The maximum absolute atomic E-state index is 14.1. The van der Waals surface area contributed by atoms with E-state index in [1.165, 1.54) is 0 Å². The molecule has 1 aliphatic rings. The number of carbonyl (C=O) groups excluding carboxylic acids is 1. The molecule has 0 atom stereocenters. The normalized spacial score (nSPS) is 11.9. The van der Waals surface area contributed by atoms with Crippen LogP contribution in [-0.2, 0) is 13.1 Å². The third kappa shape index (κ3) is 5.13. The second-order valence-electron chi connectivity index (χ2n) is 9.12. The van der Waals surface area contributed by atoms with E-state index in [0.717, 1.165) is 27.8 Å². The van der Waals surface area contributed by atoms with Gasteiger partial charge < -0.3 is 28.7 Å². The van der Waals surface area contributed by atoms with E-state index in [9.17, 15) is 4.79 Å². The summed E-state index contributed by atoms with van der Waals surface area (Å²) in [5.41, 5.74) is 2.98. The van der Waals surface area contributed by atoms with Crippen molar-refractivity contribution >= 4 is 34.2 Å². The topological polar surface area (TPSA) is 73.4 Å². The number of methoxy groups -OCH3 is 2. The standard InChI is InChI=1S/C29H28ClN3O5/c1-32(2)28-20(12-19-6-7-21(30)13-24(19)31-28)16-33(15-18-5-9-26-27(11-18)38-17-37-26)29(34)23-14-22(35-3)8-10-25(23)36-4/h5-14H,15-17H2,1-4H3. The van der Waals surface area contributed by atoms with Crippen LogP contribution in [0.2, 0.25) is 5.02 Å². The smallest absolute Gasteiger partial charge is 0.258 e. The van der Waals surface area contributed by atoms with Crippen molar-refractivity contribution in [3.63, 3.8) is 0 Å². The Morgan fingerprint density at radius 2 is 1.76 bits per heavy atom.